The number of nitrogens with zero attached hydrogens (tertiary/aromatic N) is 1. The van der Waals surface area contributed by atoms with Gasteiger partial charge >= 0.3 is 11.9 Å². The maximum atomic E-state index is 12.9. The molecule has 2 heterocycles. The number of amides is 1. The number of methoxy groups -OCH3 is 1. The maximum absolute atomic E-state index is 12.9. The Balaban J connectivity index is 1.74. The number of carbonyl (C=O) groups excluding carboxylic acids is 3. The van der Waals surface area contributed by atoms with Gasteiger partial charge in [0.15, 0.2) is 23.3 Å². The second kappa shape index (κ2) is 11.5. The van der Waals surface area contributed by atoms with E-state index in [9.17, 15) is 19.5 Å². The van der Waals surface area contributed by atoms with Crippen LogP contribution < -0.4 is 10.1 Å². The van der Waals surface area contributed by atoms with Gasteiger partial charge in [-0.15, -0.1) is 0 Å². The first kappa shape index (κ1) is 25.7. The zero-order chi connectivity index (χ0) is 24.8. The minimum Gasteiger partial charge on any atom is -0.503 e. The molecule has 2 N–H and O–H groups in total. The number of aromatic nitrogens is 1. The zero-order valence-electron chi connectivity index (χ0n) is 20.1. The molecule has 2 aliphatic rings. The van der Waals surface area contributed by atoms with Gasteiger partial charge in [-0.05, 0) is 44.9 Å². The van der Waals surface area contributed by atoms with E-state index in [0.717, 1.165) is 12.8 Å². The predicted octanol–water partition coefficient (Wildman–Crippen LogP) is 2.37. The summed E-state index contributed by atoms with van der Waals surface area (Å²) < 4.78 is 22.5. The highest BCUT2D eigenvalue weighted by atomic mass is 16.6. The standard InChI is InChI=1S/C24H34N2O8/c1-13(2)12-32-18-7-5-6-16(26-22(28)19-20(27)17(31-4)10-11-25-19)24(30)33-14(3)21(18)34-23(29)15-8-9-15/h10-11,13-16,18,21,27H,5-9,12H2,1-4H3,(H,26,28)/t14-,16-,18-,21-/m0/s1. The van der Waals surface area contributed by atoms with Crippen LogP contribution in [0, 0.1) is 11.8 Å². The van der Waals surface area contributed by atoms with Crippen molar-refractivity contribution < 1.29 is 38.4 Å². The molecule has 1 amide bonds. The number of rotatable bonds is 8. The molecule has 1 aliphatic heterocycles. The van der Waals surface area contributed by atoms with Crippen LogP contribution in [0.3, 0.4) is 0 Å². The number of hydrogen-bond donors (Lipinski definition) is 2. The highest BCUT2D eigenvalue weighted by Crippen LogP contribution is 2.32. The molecule has 0 radical (unpaired) electrons. The zero-order valence-corrected chi connectivity index (χ0v) is 20.1. The van der Waals surface area contributed by atoms with Crippen LogP contribution >= 0.6 is 0 Å². The van der Waals surface area contributed by atoms with E-state index in [4.69, 9.17) is 18.9 Å². The smallest absolute Gasteiger partial charge is 0.329 e. The summed E-state index contributed by atoms with van der Waals surface area (Å²) in [5.74, 6) is -1.82. The summed E-state index contributed by atoms with van der Waals surface area (Å²) in [5.41, 5.74) is -0.255. The molecule has 3 rings (SSSR count). The quantitative estimate of drug-likeness (QED) is 0.540. The van der Waals surface area contributed by atoms with E-state index in [1.165, 1.54) is 19.4 Å². The van der Waals surface area contributed by atoms with Gasteiger partial charge in [0, 0.05) is 18.9 Å². The third kappa shape index (κ3) is 6.59. The Bertz CT molecular complexity index is 886. The van der Waals surface area contributed by atoms with Crippen LogP contribution in [0.4, 0.5) is 0 Å². The minimum absolute atomic E-state index is 0.0938. The first-order chi connectivity index (χ1) is 16.2. The number of carbonyl (C=O) groups is 3. The summed E-state index contributed by atoms with van der Waals surface area (Å²) in [4.78, 5) is 42.0. The molecule has 1 aromatic rings. The van der Waals surface area contributed by atoms with Gasteiger partial charge in [-0.2, -0.15) is 0 Å². The molecule has 1 aliphatic carbocycles. The molecule has 0 unspecified atom stereocenters. The second-order valence-electron chi connectivity index (χ2n) is 9.25. The monoisotopic (exact) mass is 478 g/mol. The van der Waals surface area contributed by atoms with Crippen molar-refractivity contribution in [3.8, 4) is 11.5 Å². The number of pyridine rings is 1. The first-order valence-corrected chi connectivity index (χ1v) is 11.8. The molecule has 10 heteroatoms. The van der Waals surface area contributed by atoms with Gasteiger partial charge in [0.1, 0.15) is 12.1 Å². The van der Waals surface area contributed by atoms with Gasteiger partial charge in [-0.25, -0.2) is 9.78 Å². The number of esters is 2. The molecule has 0 bridgehead atoms. The Kier molecular flexibility index (Phi) is 8.71. The number of aromatic hydroxyl groups is 1. The fourth-order valence-electron chi connectivity index (χ4n) is 3.78. The summed E-state index contributed by atoms with van der Waals surface area (Å²) in [5, 5.41) is 12.8. The average molecular weight is 479 g/mol. The molecule has 1 aromatic heterocycles. The lowest BCUT2D eigenvalue weighted by molar-refractivity contribution is -0.181. The topological polar surface area (TPSA) is 133 Å². The van der Waals surface area contributed by atoms with E-state index in [1.54, 1.807) is 6.92 Å². The van der Waals surface area contributed by atoms with Gasteiger partial charge in [0.25, 0.3) is 5.91 Å². The van der Waals surface area contributed by atoms with Crippen molar-refractivity contribution >= 4 is 17.8 Å². The summed E-state index contributed by atoms with van der Waals surface area (Å²) >= 11 is 0. The first-order valence-electron chi connectivity index (χ1n) is 11.8. The van der Waals surface area contributed by atoms with E-state index in [1.807, 2.05) is 13.8 Å². The fraction of sp³-hybridized carbons (Fsp3) is 0.667. The van der Waals surface area contributed by atoms with Gasteiger partial charge in [-0.1, -0.05) is 13.8 Å². The van der Waals surface area contributed by atoms with Crippen molar-refractivity contribution in [2.45, 2.75) is 77.2 Å². The van der Waals surface area contributed by atoms with Gasteiger partial charge in [-0.3, -0.25) is 9.59 Å². The van der Waals surface area contributed by atoms with E-state index < -0.39 is 42.0 Å². The number of cyclic esters (lactones) is 1. The Hall–Kier alpha value is -2.88. The summed E-state index contributed by atoms with van der Waals surface area (Å²) in [6.45, 7) is 6.19. The van der Waals surface area contributed by atoms with Crippen molar-refractivity contribution in [3.05, 3.63) is 18.0 Å². The molecule has 1 saturated carbocycles. The third-order valence-corrected chi connectivity index (χ3v) is 5.83. The molecule has 0 aromatic carbocycles. The SMILES string of the molecule is COc1ccnc(C(=O)N[C@H]2CCC[C@H](OCC(C)C)[C@@H](OC(=O)C3CC3)[C@H](C)OC2=O)c1O. The maximum Gasteiger partial charge on any atom is 0.329 e. The summed E-state index contributed by atoms with van der Waals surface area (Å²) in [6, 6.07) is 0.452. The molecule has 2 fully saturated rings. The van der Waals surface area contributed by atoms with Crippen LogP contribution in [0.2, 0.25) is 0 Å². The van der Waals surface area contributed by atoms with Crippen molar-refractivity contribution in [3.63, 3.8) is 0 Å². The normalized spacial score (nSPS) is 25.5. The molecule has 4 atom stereocenters. The number of hydrogen-bond acceptors (Lipinski definition) is 9. The molecule has 34 heavy (non-hydrogen) atoms. The average Bonchev–Trinajstić information content (AvgIpc) is 3.63. The van der Waals surface area contributed by atoms with E-state index in [2.05, 4.69) is 10.3 Å². The predicted molar refractivity (Wildman–Crippen MR) is 120 cm³/mol. The van der Waals surface area contributed by atoms with Crippen LogP contribution in [0.5, 0.6) is 11.5 Å². The molecular weight excluding hydrogens is 444 g/mol. The van der Waals surface area contributed by atoms with Crippen LogP contribution in [-0.2, 0) is 23.8 Å². The summed E-state index contributed by atoms with van der Waals surface area (Å²) in [7, 11) is 1.36. The Morgan fingerprint density at radius 1 is 1.26 bits per heavy atom. The lowest BCUT2D eigenvalue weighted by atomic mass is 10.0. The van der Waals surface area contributed by atoms with Crippen LogP contribution in [0.15, 0.2) is 12.3 Å². The van der Waals surface area contributed by atoms with Gasteiger partial charge < -0.3 is 29.4 Å². The highest BCUT2D eigenvalue weighted by Gasteiger charge is 2.40. The van der Waals surface area contributed by atoms with Crippen LogP contribution in [0.1, 0.15) is 63.4 Å². The van der Waals surface area contributed by atoms with Crippen LogP contribution in [-0.4, -0.2) is 66.0 Å². The van der Waals surface area contributed by atoms with Crippen LogP contribution in [0.25, 0.3) is 0 Å². The summed E-state index contributed by atoms with van der Waals surface area (Å²) in [6.07, 6.45) is 2.30. The Morgan fingerprint density at radius 3 is 2.65 bits per heavy atom. The third-order valence-electron chi connectivity index (χ3n) is 5.83. The Morgan fingerprint density at radius 2 is 2.00 bits per heavy atom. The molecule has 0 spiro atoms. The molecule has 188 valence electrons. The van der Waals surface area contributed by atoms with E-state index in [0.29, 0.717) is 19.4 Å². The fourth-order valence-corrected chi connectivity index (χ4v) is 3.78. The molecular formula is C24H34N2O8. The highest BCUT2D eigenvalue weighted by molar-refractivity contribution is 5.97. The van der Waals surface area contributed by atoms with E-state index >= 15 is 0 Å². The second-order valence-corrected chi connectivity index (χ2v) is 9.25. The van der Waals surface area contributed by atoms with Crippen molar-refractivity contribution in [2.24, 2.45) is 11.8 Å². The number of ether oxygens (including phenoxy) is 4. The molecule has 1 saturated heterocycles. The van der Waals surface area contributed by atoms with Crippen molar-refractivity contribution in [2.75, 3.05) is 13.7 Å². The lowest BCUT2D eigenvalue weighted by Gasteiger charge is -2.31. The largest absolute Gasteiger partial charge is 0.503 e. The minimum atomic E-state index is -0.967. The lowest BCUT2D eigenvalue weighted by Crippen LogP contribution is -2.46. The Labute approximate surface area is 199 Å². The van der Waals surface area contributed by atoms with Crippen molar-refractivity contribution in [1.29, 1.82) is 0 Å². The van der Waals surface area contributed by atoms with Gasteiger partial charge in [0.05, 0.1) is 19.1 Å². The number of nitrogens with one attached hydrogen (secondary N) is 1. The molecule has 10 nitrogen and oxygen atoms in total. The van der Waals surface area contributed by atoms with Crippen molar-refractivity contribution in [1.82, 2.24) is 10.3 Å². The van der Waals surface area contributed by atoms with Gasteiger partial charge in [0.2, 0.25) is 0 Å². The van der Waals surface area contributed by atoms with E-state index in [-0.39, 0.29) is 35.7 Å².